The maximum absolute atomic E-state index is 12.6. The molecule has 1 unspecified atom stereocenters. The summed E-state index contributed by atoms with van der Waals surface area (Å²) in [6, 6.07) is 14.2. The van der Waals surface area contributed by atoms with Gasteiger partial charge >= 0.3 is 0 Å². The Balaban J connectivity index is 1.26. The average molecular weight is 397 g/mol. The van der Waals surface area contributed by atoms with Gasteiger partial charge in [-0.15, -0.1) is 11.3 Å². The number of likely N-dealkylation sites (tertiary alicyclic amines) is 1. The number of hydrogen-bond donors (Lipinski definition) is 1. The number of piperidine rings is 1. The van der Waals surface area contributed by atoms with Crippen LogP contribution in [0.2, 0.25) is 0 Å². The Hall–Kier alpha value is -2.51. The van der Waals surface area contributed by atoms with Crippen LogP contribution in [-0.2, 0) is 17.8 Å². The SMILES string of the molecule is O=C(NCCc1ccccc1)C1CCCN(Cc2nc(-c3cccs3)no2)C1. The minimum atomic E-state index is 0.0178. The van der Waals surface area contributed by atoms with Gasteiger partial charge in [0.25, 0.3) is 0 Å². The average Bonchev–Trinajstić information content (AvgIpc) is 3.41. The normalized spacial score (nSPS) is 17.5. The molecule has 1 amide bonds. The lowest BCUT2D eigenvalue weighted by Crippen LogP contribution is -2.43. The van der Waals surface area contributed by atoms with Crippen LogP contribution in [0.15, 0.2) is 52.4 Å². The van der Waals surface area contributed by atoms with E-state index in [-0.39, 0.29) is 11.8 Å². The third-order valence-electron chi connectivity index (χ3n) is 5.00. The Bertz CT molecular complexity index is 879. The first-order valence-corrected chi connectivity index (χ1v) is 10.6. The topological polar surface area (TPSA) is 71.3 Å². The maximum Gasteiger partial charge on any atom is 0.241 e. The smallest absolute Gasteiger partial charge is 0.241 e. The van der Waals surface area contributed by atoms with E-state index in [0.717, 1.165) is 37.2 Å². The van der Waals surface area contributed by atoms with Crippen LogP contribution in [0.5, 0.6) is 0 Å². The van der Waals surface area contributed by atoms with Crippen molar-refractivity contribution in [2.24, 2.45) is 5.92 Å². The highest BCUT2D eigenvalue weighted by atomic mass is 32.1. The van der Waals surface area contributed by atoms with Gasteiger partial charge < -0.3 is 9.84 Å². The molecular formula is C21H24N4O2S. The zero-order valence-electron chi connectivity index (χ0n) is 15.7. The molecule has 1 aliphatic heterocycles. The molecule has 1 aromatic carbocycles. The summed E-state index contributed by atoms with van der Waals surface area (Å²) in [5, 5.41) is 9.16. The predicted octanol–water partition coefficient (Wildman–Crippen LogP) is 3.37. The van der Waals surface area contributed by atoms with Crippen LogP contribution in [0.4, 0.5) is 0 Å². The lowest BCUT2D eigenvalue weighted by molar-refractivity contribution is -0.126. The van der Waals surface area contributed by atoms with E-state index < -0.39 is 0 Å². The van der Waals surface area contributed by atoms with Gasteiger partial charge in [-0.05, 0) is 42.8 Å². The highest BCUT2D eigenvalue weighted by molar-refractivity contribution is 7.13. The van der Waals surface area contributed by atoms with Crippen LogP contribution in [0, 0.1) is 5.92 Å². The number of amides is 1. The Morgan fingerprint density at radius 2 is 2.14 bits per heavy atom. The number of rotatable bonds is 7. The van der Waals surface area contributed by atoms with Crippen molar-refractivity contribution in [2.45, 2.75) is 25.8 Å². The van der Waals surface area contributed by atoms with Crippen molar-refractivity contribution in [2.75, 3.05) is 19.6 Å². The zero-order valence-corrected chi connectivity index (χ0v) is 16.5. The van der Waals surface area contributed by atoms with Gasteiger partial charge in [0.1, 0.15) is 0 Å². The monoisotopic (exact) mass is 396 g/mol. The number of nitrogens with one attached hydrogen (secondary N) is 1. The molecule has 1 N–H and O–H groups in total. The van der Waals surface area contributed by atoms with Crippen LogP contribution in [0.1, 0.15) is 24.3 Å². The highest BCUT2D eigenvalue weighted by Crippen LogP contribution is 2.23. The fraction of sp³-hybridized carbons (Fsp3) is 0.381. The summed E-state index contributed by atoms with van der Waals surface area (Å²) in [5.41, 5.74) is 1.24. The Morgan fingerprint density at radius 1 is 1.25 bits per heavy atom. The first-order chi connectivity index (χ1) is 13.8. The molecule has 3 aromatic rings. The van der Waals surface area contributed by atoms with Crippen LogP contribution >= 0.6 is 11.3 Å². The van der Waals surface area contributed by atoms with E-state index in [1.54, 1.807) is 11.3 Å². The van der Waals surface area contributed by atoms with Gasteiger partial charge in [-0.1, -0.05) is 41.6 Å². The van der Waals surface area contributed by atoms with Gasteiger partial charge in [-0.2, -0.15) is 4.98 Å². The quantitative estimate of drug-likeness (QED) is 0.663. The Morgan fingerprint density at radius 3 is 2.96 bits per heavy atom. The minimum absolute atomic E-state index is 0.0178. The molecule has 2 aromatic heterocycles. The third-order valence-corrected chi connectivity index (χ3v) is 5.87. The molecule has 6 nitrogen and oxygen atoms in total. The van der Waals surface area contributed by atoms with Gasteiger partial charge in [0.05, 0.1) is 17.3 Å². The molecule has 3 heterocycles. The van der Waals surface area contributed by atoms with Crippen molar-refractivity contribution in [3.8, 4) is 10.7 Å². The second-order valence-corrected chi connectivity index (χ2v) is 8.04. The fourth-order valence-corrected chi connectivity index (χ4v) is 4.20. The number of aromatic nitrogens is 2. The number of nitrogens with zero attached hydrogens (tertiary/aromatic N) is 3. The third kappa shape index (κ3) is 4.85. The van der Waals surface area contributed by atoms with Crippen LogP contribution in [0.3, 0.4) is 0 Å². The second kappa shape index (κ2) is 9.12. The molecule has 28 heavy (non-hydrogen) atoms. The number of thiophene rings is 1. The first-order valence-electron chi connectivity index (χ1n) is 9.68. The lowest BCUT2D eigenvalue weighted by atomic mass is 9.97. The van der Waals surface area contributed by atoms with Crippen molar-refractivity contribution in [3.63, 3.8) is 0 Å². The lowest BCUT2D eigenvalue weighted by Gasteiger charge is -2.30. The van der Waals surface area contributed by atoms with E-state index in [2.05, 4.69) is 32.5 Å². The zero-order chi connectivity index (χ0) is 19.2. The van der Waals surface area contributed by atoms with Crippen molar-refractivity contribution in [1.29, 1.82) is 0 Å². The number of benzene rings is 1. The van der Waals surface area contributed by atoms with Gasteiger partial charge in [-0.3, -0.25) is 9.69 Å². The predicted molar refractivity (Wildman–Crippen MR) is 109 cm³/mol. The van der Waals surface area contributed by atoms with E-state index in [4.69, 9.17) is 4.52 Å². The Kier molecular flexibility index (Phi) is 6.14. The van der Waals surface area contributed by atoms with Crippen LogP contribution < -0.4 is 5.32 Å². The van der Waals surface area contributed by atoms with Crippen molar-refractivity contribution in [1.82, 2.24) is 20.4 Å². The molecule has 4 rings (SSSR count). The standard InChI is InChI=1S/C21H24N4O2S/c26-21(22-11-10-16-6-2-1-3-7-16)17-8-4-12-25(14-17)15-19-23-20(24-27-19)18-9-5-13-28-18/h1-3,5-7,9,13,17H,4,8,10-12,14-15H2,(H,22,26). The molecule has 1 atom stereocenters. The summed E-state index contributed by atoms with van der Waals surface area (Å²) >= 11 is 1.59. The molecule has 0 saturated carbocycles. The molecule has 0 spiro atoms. The summed E-state index contributed by atoms with van der Waals surface area (Å²) in [6.45, 7) is 2.94. The van der Waals surface area contributed by atoms with Gasteiger partial charge in [0.15, 0.2) is 0 Å². The molecule has 0 radical (unpaired) electrons. The van der Waals surface area contributed by atoms with E-state index >= 15 is 0 Å². The molecular weight excluding hydrogens is 372 g/mol. The highest BCUT2D eigenvalue weighted by Gasteiger charge is 2.26. The van der Waals surface area contributed by atoms with Crippen molar-refractivity contribution < 1.29 is 9.32 Å². The molecule has 0 aliphatic carbocycles. The molecule has 0 bridgehead atoms. The maximum atomic E-state index is 12.6. The number of hydrogen-bond acceptors (Lipinski definition) is 6. The largest absolute Gasteiger partial charge is 0.355 e. The molecule has 1 aliphatic rings. The fourth-order valence-electron chi connectivity index (χ4n) is 3.55. The van der Waals surface area contributed by atoms with E-state index in [1.807, 2.05) is 35.7 Å². The summed E-state index contributed by atoms with van der Waals surface area (Å²) in [6.07, 6.45) is 2.79. The van der Waals surface area contributed by atoms with Gasteiger partial charge in [0.2, 0.25) is 17.6 Å². The second-order valence-electron chi connectivity index (χ2n) is 7.09. The molecule has 1 saturated heterocycles. The molecule has 146 valence electrons. The summed E-state index contributed by atoms with van der Waals surface area (Å²) in [7, 11) is 0. The molecule has 7 heteroatoms. The number of carbonyl (C=O) groups excluding carboxylic acids is 1. The molecule has 1 fully saturated rings. The van der Waals surface area contributed by atoms with Crippen LogP contribution in [-0.4, -0.2) is 40.6 Å². The van der Waals surface area contributed by atoms with E-state index in [9.17, 15) is 4.79 Å². The van der Waals surface area contributed by atoms with Crippen molar-refractivity contribution >= 4 is 17.2 Å². The van der Waals surface area contributed by atoms with Crippen molar-refractivity contribution in [3.05, 3.63) is 59.3 Å². The number of carbonyl (C=O) groups is 1. The van der Waals surface area contributed by atoms with Gasteiger partial charge in [0, 0.05) is 13.1 Å². The van der Waals surface area contributed by atoms with Gasteiger partial charge in [-0.25, -0.2) is 0 Å². The van der Waals surface area contributed by atoms with E-state index in [1.165, 1.54) is 5.56 Å². The minimum Gasteiger partial charge on any atom is -0.355 e. The van der Waals surface area contributed by atoms with Crippen LogP contribution in [0.25, 0.3) is 10.7 Å². The Labute approximate surface area is 168 Å². The summed E-state index contributed by atoms with van der Waals surface area (Å²) in [5.74, 6) is 1.40. The first kappa shape index (κ1) is 18.8. The van der Waals surface area contributed by atoms with E-state index in [0.29, 0.717) is 24.8 Å². The summed E-state index contributed by atoms with van der Waals surface area (Å²) in [4.78, 5) is 20.3. The summed E-state index contributed by atoms with van der Waals surface area (Å²) < 4.78 is 5.40.